The van der Waals surface area contributed by atoms with Crippen molar-refractivity contribution in [2.75, 3.05) is 26.7 Å². The Labute approximate surface area is 123 Å². The Hall–Kier alpha value is -2.02. The Morgan fingerprint density at radius 1 is 0.800 bits per heavy atom. The molecule has 0 saturated heterocycles. The topological polar surface area (TPSA) is 95.2 Å². The standard InChI is InChI=1S/C10H24N.C4BN4/c1-5-8-10-11(4,7-3)9-6-2;6-1-5(2-7,3-8)4-9/h5-10H2,1-4H3;/q+1;-1. The second kappa shape index (κ2) is 10.9. The van der Waals surface area contributed by atoms with Gasteiger partial charge in [-0.05, 0) is 19.8 Å². The second-order valence-corrected chi connectivity index (χ2v) is 5.12. The van der Waals surface area contributed by atoms with Gasteiger partial charge in [0.05, 0.1) is 26.7 Å². The van der Waals surface area contributed by atoms with Crippen LogP contribution in [0, 0.1) is 44.9 Å². The maximum atomic E-state index is 8.09. The molecule has 0 fully saturated rings. The summed E-state index contributed by atoms with van der Waals surface area (Å²) in [5.74, 6) is 5.38. The van der Waals surface area contributed by atoms with Crippen LogP contribution in [0.2, 0.25) is 0 Å². The minimum absolute atomic E-state index is 1.27. The van der Waals surface area contributed by atoms with Gasteiger partial charge in [0.15, 0.2) is 0 Å². The first kappa shape index (κ1) is 20.3. The Morgan fingerprint density at radius 2 is 1.25 bits per heavy atom. The summed E-state index contributed by atoms with van der Waals surface area (Å²) in [5, 5.41) is 32.3. The van der Waals surface area contributed by atoms with Gasteiger partial charge in [0.25, 0.3) is 0 Å². The molecule has 0 N–H and O–H groups in total. The van der Waals surface area contributed by atoms with E-state index in [0.717, 1.165) is 0 Å². The van der Waals surface area contributed by atoms with E-state index in [2.05, 4.69) is 27.8 Å². The molecule has 0 radical (unpaired) electrons. The highest BCUT2D eigenvalue weighted by Gasteiger charge is 2.22. The SMILES string of the molecule is CCCC[N+](C)(CC)CCC.N#C[B-](C#N)(C#N)C#N. The third-order valence-electron chi connectivity index (χ3n) is 3.35. The molecule has 1 unspecified atom stereocenters. The zero-order chi connectivity index (χ0) is 16.1. The van der Waals surface area contributed by atoms with E-state index < -0.39 is 6.15 Å². The molecule has 0 amide bonds. The lowest BCUT2D eigenvalue weighted by atomic mass is 9.30. The summed E-state index contributed by atoms with van der Waals surface area (Å²) in [7, 11) is 2.37. The first-order chi connectivity index (χ1) is 9.42. The van der Waals surface area contributed by atoms with E-state index in [1.54, 1.807) is 0 Å². The Bertz CT molecular complexity index is 373. The molecule has 5 nitrogen and oxygen atoms in total. The molecule has 0 saturated carbocycles. The summed E-state index contributed by atoms with van der Waals surface area (Å²) in [4.78, 5) is 0. The molecule has 108 valence electrons. The van der Waals surface area contributed by atoms with Gasteiger partial charge < -0.3 is 4.48 Å². The van der Waals surface area contributed by atoms with E-state index in [-0.39, 0.29) is 0 Å². The molecule has 0 aliphatic carbocycles. The zero-order valence-corrected chi connectivity index (χ0v) is 13.1. The van der Waals surface area contributed by atoms with Crippen molar-refractivity contribution in [3.63, 3.8) is 0 Å². The van der Waals surface area contributed by atoms with Gasteiger partial charge in [-0.15, -0.1) is 23.9 Å². The first-order valence-electron chi connectivity index (χ1n) is 7.07. The molecular weight excluding hydrogens is 249 g/mol. The van der Waals surface area contributed by atoms with Crippen molar-refractivity contribution in [3.8, 4) is 23.9 Å². The summed E-state index contributed by atoms with van der Waals surface area (Å²) in [5.41, 5.74) is 0. The Morgan fingerprint density at radius 3 is 1.45 bits per heavy atom. The van der Waals surface area contributed by atoms with Gasteiger partial charge in [-0.25, -0.2) is 21.0 Å². The molecule has 0 bridgehead atoms. The molecule has 1 atom stereocenters. The normalized spacial score (nSPS) is 12.4. The van der Waals surface area contributed by atoms with Crippen LogP contribution in [0.25, 0.3) is 0 Å². The average molecular weight is 273 g/mol. The van der Waals surface area contributed by atoms with E-state index in [4.69, 9.17) is 21.0 Å². The number of nitrogens with zero attached hydrogens (tertiary/aromatic N) is 5. The van der Waals surface area contributed by atoms with Gasteiger partial charge in [0.1, 0.15) is 0 Å². The summed E-state index contributed by atoms with van der Waals surface area (Å²) >= 11 is 0. The van der Waals surface area contributed by atoms with Gasteiger partial charge in [0, 0.05) is 0 Å². The number of unbranched alkanes of at least 4 members (excludes halogenated alkanes) is 1. The molecule has 20 heavy (non-hydrogen) atoms. The van der Waals surface area contributed by atoms with Crippen molar-refractivity contribution < 1.29 is 4.48 Å². The van der Waals surface area contributed by atoms with Crippen LogP contribution < -0.4 is 0 Å². The minimum atomic E-state index is -2.72. The van der Waals surface area contributed by atoms with Crippen molar-refractivity contribution in [1.82, 2.24) is 0 Å². The van der Waals surface area contributed by atoms with Gasteiger partial charge in [-0.3, -0.25) is 0 Å². The van der Waals surface area contributed by atoms with Crippen molar-refractivity contribution >= 4 is 6.15 Å². The van der Waals surface area contributed by atoms with Crippen LogP contribution in [0.5, 0.6) is 0 Å². The van der Waals surface area contributed by atoms with Crippen LogP contribution in [0.15, 0.2) is 0 Å². The van der Waals surface area contributed by atoms with Crippen LogP contribution in [0.4, 0.5) is 0 Å². The molecule has 0 aromatic rings. The number of hydrogen-bond acceptors (Lipinski definition) is 4. The minimum Gasteiger partial charge on any atom is -0.326 e. The quantitative estimate of drug-likeness (QED) is 0.548. The van der Waals surface area contributed by atoms with Crippen LogP contribution in [-0.4, -0.2) is 37.3 Å². The monoisotopic (exact) mass is 273 g/mol. The number of quaternary nitrogens is 1. The van der Waals surface area contributed by atoms with Crippen molar-refractivity contribution in [2.24, 2.45) is 0 Å². The van der Waals surface area contributed by atoms with E-state index in [9.17, 15) is 0 Å². The predicted octanol–water partition coefficient (Wildman–Crippen LogP) is 2.35. The first-order valence-corrected chi connectivity index (χ1v) is 7.07. The fourth-order valence-corrected chi connectivity index (χ4v) is 1.68. The lowest BCUT2D eigenvalue weighted by molar-refractivity contribution is -0.908. The number of rotatable bonds is 6. The van der Waals surface area contributed by atoms with Gasteiger partial charge in [-0.1, -0.05) is 20.3 Å². The largest absolute Gasteiger partial charge is 0.383 e. The Kier molecular flexibility index (Phi) is 11.0. The summed E-state index contributed by atoms with van der Waals surface area (Å²) in [6, 6.07) is 0. The van der Waals surface area contributed by atoms with Crippen LogP contribution in [0.3, 0.4) is 0 Å². The van der Waals surface area contributed by atoms with Gasteiger partial charge in [0.2, 0.25) is 0 Å². The smallest absolute Gasteiger partial charge is 0.326 e. The van der Waals surface area contributed by atoms with Crippen molar-refractivity contribution in [1.29, 1.82) is 21.0 Å². The molecule has 6 heteroatoms. The Balaban J connectivity index is 0. The number of hydrogen-bond donors (Lipinski definition) is 0. The lowest BCUT2D eigenvalue weighted by Gasteiger charge is -2.33. The molecule has 0 aromatic carbocycles. The molecule has 0 rings (SSSR count). The second-order valence-electron chi connectivity index (χ2n) is 5.12. The molecule has 0 aliphatic heterocycles. The molecular formula is C14H24BN5. The summed E-state index contributed by atoms with van der Waals surface area (Å²) < 4.78 is 1.27. The van der Waals surface area contributed by atoms with Crippen LogP contribution in [0.1, 0.15) is 40.0 Å². The molecule has 0 aliphatic rings. The highest BCUT2D eigenvalue weighted by molar-refractivity contribution is 7.05. The average Bonchev–Trinajstić information content (AvgIpc) is 2.49. The van der Waals surface area contributed by atoms with E-state index in [0.29, 0.717) is 0 Å². The maximum Gasteiger partial charge on any atom is 0.383 e. The van der Waals surface area contributed by atoms with Gasteiger partial charge >= 0.3 is 6.15 Å². The third kappa shape index (κ3) is 7.43. The predicted molar refractivity (Wildman–Crippen MR) is 79.9 cm³/mol. The van der Waals surface area contributed by atoms with E-state index in [1.807, 2.05) is 0 Å². The fourth-order valence-electron chi connectivity index (χ4n) is 1.68. The molecule has 0 aromatic heterocycles. The summed E-state index contributed by atoms with van der Waals surface area (Å²) in [6.45, 7) is 10.8. The molecule has 0 spiro atoms. The van der Waals surface area contributed by atoms with Crippen molar-refractivity contribution in [2.45, 2.75) is 40.0 Å². The van der Waals surface area contributed by atoms with Crippen molar-refractivity contribution in [3.05, 3.63) is 0 Å². The summed E-state index contributed by atoms with van der Waals surface area (Å²) in [6.07, 6.45) is 1.30. The van der Waals surface area contributed by atoms with Gasteiger partial charge in [-0.2, -0.15) is 0 Å². The van der Waals surface area contributed by atoms with Crippen LogP contribution >= 0.6 is 0 Å². The maximum absolute atomic E-state index is 8.09. The highest BCUT2D eigenvalue weighted by atomic mass is 15.3. The number of nitriles is 4. The van der Waals surface area contributed by atoms with E-state index in [1.165, 1.54) is 67.3 Å². The molecule has 0 heterocycles. The third-order valence-corrected chi connectivity index (χ3v) is 3.35. The van der Waals surface area contributed by atoms with Crippen LogP contribution in [-0.2, 0) is 0 Å². The zero-order valence-electron chi connectivity index (χ0n) is 13.1. The lowest BCUT2D eigenvalue weighted by Crippen LogP contribution is -2.45. The highest BCUT2D eigenvalue weighted by Crippen LogP contribution is 2.06. The fraction of sp³-hybridized carbons (Fsp3) is 0.714. The van der Waals surface area contributed by atoms with E-state index >= 15 is 0 Å².